The van der Waals surface area contributed by atoms with Gasteiger partial charge in [0.05, 0.1) is 12.7 Å². The first kappa shape index (κ1) is 27.2. The summed E-state index contributed by atoms with van der Waals surface area (Å²) in [6, 6.07) is 21.0. The van der Waals surface area contributed by atoms with E-state index in [2.05, 4.69) is 79.7 Å². The lowest BCUT2D eigenvalue weighted by Crippen LogP contribution is -2.67. The summed E-state index contributed by atoms with van der Waals surface area (Å²) in [6.07, 6.45) is 2.26. The lowest BCUT2D eigenvalue weighted by atomic mass is 9.97. The molecule has 2 heterocycles. The molecule has 0 bridgehead atoms. The third-order valence-electron chi connectivity index (χ3n) is 7.36. The highest BCUT2D eigenvalue weighted by Crippen LogP contribution is 2.39. The summed E-state index contributed by atoms with van der Waals surface area (Å²) in [4.78, 5) is 26.9. The van der Waals surface area contributed by atoms with Crippen LogP contribution in [0.15, 0.2) is 76.4 Å². The van der Waals surface area contributed by atoms with Crippen molar-refractivity contribution in [3.8, 4) is 0 Å². The van der Waals surface area contributed by atoms with Crippen molar-refractivity contribution in [2.45, 2.75) is 57.9 Å². The van der Waals surface area contributed by atoms with Crippen LogP contribution in [0.25, 0.3) is 0 Å². The second-order valence-corrected chi connectivity index (χ2v) is 15.1. The van der Waals surface area contributed by atoms with Gasteiger partial charge in [-0.05, 0) is 41.1 Å². The van der Waals surface area contributed by atoms with E-state index in [1.165, 1.54) is 14.9 Å². The highest BCUT2D eigenvalue weighted by molar-refractivity contribution is 6.99. The number of H-pyrrole nitrogens is 1. The van der Waals surface area contributed by atoms with E-state index in [0.717, 1.165) is 6.42 Å². The van der Waals surface area contributed by atoms with Gasteiger partial charge in [-0.2, -0.15) is 0 Å². The molecule has 0 unspecified atom stereocenters. The molecule has 8 nitrogen and oxygen atoms in total. The number of hydrazine groups is 1. The summed E-state index contributed by atoms with van der Waals surface area (Å²) in [6.45, 7) is 9.43. The Morgan fingerprint density at radius 2 is 1.68 bits per heavy atom. The number of aryl methyl sites for hydroxylation is 1. The van der Waals surface area contributed by atoms with Crippen LogP contribution in [0, 0.1) is 12.8 Å². The molecule has 198 valence electrons. The van der Waals surface area contributed by atoms with E-state index >= 15 is 0 Å². The van der Waals surface area contributed by atoms with Gasteiger partial charge in [0.25, 0.3) is 13.9 Å². The molecule has 0 aliphatic carbocycles. The number of hydrogen-bond donors (Lipinski definition) is 3. The average Bonchev–Trinajstić information content (AvgIpc) is 3.28. The number of rotatable bonds is 9. The van der Waals surface area contributed by atoms with E-state index in [1.807, 2.05) is 12.1 Å². The Hall–Kier alpha value is -2.82. The molecule has 0 amide bonds. The van der Waals surface area contributed by atoms with Crippen LogP contribution in [0.4, 0.5) is 0 Å². The fraction of sp³-hybridized carbons (Fsp3) is 0.429. The average molecular weight is 523 g/mol. The van der Waals surface area contributed by atoms with Gasteiger partial charge in [-0.25, -0.2) is 4.79 Å². The third kappa shape index (κ3) is 5.56. The monoisotopic (exact) mass is 522 g/mol. The normalized spacial score (nSPS) is 20.3. The molecule has 4 rings (SSSR count). The minimum absolute atomic E-state index is 0.124. The van der Waals surface area contributed by atoms with Crippen molar-refractivity contribution in [2.24, 2.45) is 11.8 Å². The quantitative estimate of drug-likeness (QED) is 0.226. The highest BCUT2D eigenvalue weighted by atomic mass is 28.4. The van der Waals surface area contributed by atoms with Gasteiger partial charge in [0.2, 0.25) is 0 Å². The molecular weight excluding hydrogens is 484 g/mol. The van der Waals surface area contributed by atoms with Crippen molar-refractivity contribution < 1.29 is 9.16 Å². The van der Waals surface area contributed by atoms with Crippen LogP contribution in [-0.2, 0) is 9.16 Å². The Balaban J connectivity index is 1.69. The van der Waals surface area contributed by atoms with Crippen LogP contribution < -0.4 is 32.9 Å². The Labute approximate surface area is 218 Å². The molecule has 1 aromatic heterocycles. The predicted molar refractivity (Wildman–Crippen MR) is 148 cm³/mol. The fourth-order valence-corrected chi connectivity index (χ4v) is 10.0. The van der Waals surface area contributed by atoms with Crippen molar-refractivity contribution in [3.63, 3.8) is 0 Å². The van der Waals surface area contributed by atoms with Crippen molar-refractivity contribution >= 4 is 18.7 Å². The molecular formula is C28H38N4O4Si. The van der Waals surface area contributed by atoms with Gasteiger partial charge in [0.15, 0.2) is 0 Å². The Morgan fingerprint density at radius 3 is 2.22 bits per heavy atom. The van der Waals surface area contributed by atoms with E-state index < -0.39 is 20.2 Å². The third-order valence-corrected chi connectivity index (χ3v) is 12.4. The molecule has 1 fully saturated rings. The number of nitrogens with zero attached hydrogens (tertiary/aromatic N) is 1. The SMILES string of the molecule is Cc1cn([C@H]2C[C@H](CCNN)[C@@H](CO[Si](c3ccccc3)(c3ccccc3)C(C)(C)C)O2)c(=O)[nH]c1=O. The van der Waals surface area contributed by atoms with Crippen LogP contribution in [0.1, 0.15) is 45.4 Å². The second kappa shape index (κ2) is 11.3. The molecule has 4 N–H and O–H groups in total. The largest absolute Gasteiger partial charge is 0.405 e. The van der Waals surface area contributed by atoms with Crippen LogP contribution in [0.3, 0.4) is 0 Å². The van der Waals surface area contributed by atoms with Crippen LogP contribution >= 0.6 is 0 Å². The molecule has 1 aliphatic rings. The standard InChI is InChI=1S/C28H38N4O4Si/c1-20-18-32(27(34)31-26(20)33)25-17-21(15-16-30-29)24(36-25)19-35-37(28(2,3)4,22-11-7-5-8-12-22)23-13-9-6-10-14-23/h5-14,18,21,24-25,30H,15-17,19,29H2,1-4H3,(H,31,33,34)/t21-,24+,25+/m0/s1. The number of aromatic nitrogens is 2. The molecule has 0 spiro atoms. The maximum Gasteiger partial charge on any atom is 0.330 e. The lowest BCUT2D eigenvalue weighted by molar-refractivity contribution is -0.0299. The summed E-state index contributed by atoms with van der Waals surface area (Å²) < 4.78 is 15.1. The van der Waals surface area contributed by atoms with Gasteiger partial charge in [0, 0.05) is 18.3 Å². The topological polar surface area (TPSA) is 111 Å². The minimum atomic E-state index is -2.74. The number of nitrogens with two attached hydrogens (primary N) is 1. The number of nitrogens with one attached hydrogen (secondary N) is 2. The number of ether oxygens (including phenoxy) is 1. The number of aromatic amines is 1. The molecule has 3 aromatic rings. The van der Waals surface area contributed by atoms with Crippen molar-refractivity contribution in [2.75, 3.05) is 13.2 Å². The van der Waals surface area contributed by atoms with Crippen molar-refractivity contribution in [1.82, 2.24) is 15.0 Å². The van der Waals surface area contributed by atoms with Crippen LogP contribution in [-0.4, -0.2) is 37.1 Å². The minimum Gasteiger partial charge on any atom is -0.405 e. The second-order valence-electron chi connectivity index (χ2n) is 10.8. The summed E-state index contributed by atoms with van der Waals surface area (Å²) in [5.74, 6) is 5.72. The first-order chi connectivity index (χ1) is 17.7. The summed E-state index contributed by atoms with van der Waals surface area (Å²) >= 11 is 0. The Kier molecular flexibility index (Phi) is 8.30. The number of hydrogen-bond acceptors (Lipinski definition) is 6. The van der Waals surface area contributed by atoms with Gasteiger partial charge < -0.3 is 9.16 Å². The zero-order valence-corrected chi connectivity index (χ0v) is 23.1. The Bertz CT molecular complexity index is 1250. The first-order valence-electron chi connectivity index (χ1n) is 12.8. The van der Waals surface area contributed by atoms with E-state index in [9.17, 15) is 9.59 Å². The van der Waals surface area contributed by atoms with E-state index in [1.54, 1.807) is 13.1 Å². The number of benzene rings is 2. The fourth-order valence-electron chi connectivity index (χ4n) is 5.47. The lowest BCUT2D eigenvalue weighted by Gasteiger charge is -2.43. The van der Waals surface area contributed by atoms with E-state index in [-0.39, 0.29) is 22.6 Å². The smallest absolute Gasteiger partial charge is 0.330 e. The van der Waals surface area contributed by atoms with Gasteiger partial charge in [0.1, 0.15) is 6.23 Å². The van der Waals surface area contributed by atoms with Crippen LogP contribution in [0.5, 0.6) is 0 Å². The molecule has 37 heavy (non-hydrogen) atoms. The Morgan fingerprint density at radius 1 is 1.08 bits per heavy atom. The van der Waals surface area contributed by atoms with Crippen molar-refractivity contribution in [1.29, 1.82) is 0 Å². The predicted octanol–water partition coefficient (Wildman–Crippen LogP) is 2.18. The molecule has 2 aromatic carbocycles. The summed E-state index contributed by atoms with van der Waals surface area (Å²) in [5.41, 5.74) is 2.36. The highest BCUT2D eigenvalue weighted by Gasteiger charge is 2.51. The molecule has 1 aliphatic heterocycles. The van der Waals surface area contributed by atoms with Crippen molar-refractivity contribution in [3.05, 3.63) is 93.3 Å². The maximum absolute atomic E-state index is 12.6. The zero-order valence-electron chi connectivity index (χ0n) is 22.1. The molecule has 0 saturated carbocycles. The first-order valence-corrected chi connectivity index (χ1v) is 14.7. The maximum atomic E-state index is 12.6. The summed E-state index contributed by atoms with van der Waals surface area (Å²) in [5, 5.41) is 2.25. The van der Waals surface area contributed by atoms with E-state index in [0.29, 0.717) is 25.1 Å². The molecule has 3 atom stereocenters. The van der Waals surface area contributed by atoms with Gasteiger partial charge in [-0.3, -0.25) is 25.6 Å². The van der Waals surface area contributed by atoms with Gasteiger partial charge in [-0.15, -0.1) is 0 Å². The molecule has 1 saturated heterocycles. The van der Waals surface area contributed by atoms with E-state index in [4.69, 9.17) is 15.0 Å². The summed E-state index contributed by atoms with van der Waals surface area (Å²) in [7, 11) is -2.74. The molecule has 9 heteroatoms. The van der Waals surface area contributed by atoms with Crippen LogP contribution in [0.2, 0.25) is 5.04 Å². The molecule has 0 radical (unpaired) electrons. The zero-order chi connectivity index (χ0) is 26.6. The van der Waals surface area contributed by atoms with Gasteiger partial charge in [-0.1, -0.05) is 81.4 Å². The van der Waals surface area contributed by atoms with Gasteiger partial charge >= 0.3 is 5.69 Å².